The fourth-order valence-corrected chi connectivity index (χ4v) is 2.47. The molecule has 21 heavy (non-hydrogen) atoms. The Kier molecular flexibility index (Phi) is 5.88. The highest BCUT2D eigenvalue weighted by atomic mass is 15.2. The van der Waals surface area contributed by atoms with Crippen LogP contribution >= 0.6 is 0 Å². The van der Waals surface area contributed by atoms with E-state index in [1.54, 1.807) is 0 Å². The number of allylic oxidation sites excluding steroid dienone is 2. The monoisotopic (exact) mass is 279 g/mol. The van der Waals surface area contributed by atoms with Crippen molar-refractivity contribution in [2.24, 2.45) is 0 Å². The van der Waals surface area contributed by atoms with Gasteiger partial charge in [0.05, 0.1) is 11.6 Å². The van der Waals surface area contributed by atoms with Gasteiger partial charge in [0, 0.05) is 31.9 Å². The minimum Gasteiger partial charge on any atom is -0.369 e. The highest BCUT2D eigenvalue weighted by Crippen LogP contribution is 2.15. The minimum atomic E-state index is 0.726. The Morgan fingerprint density at radius 2 is 1.86 bits per heavy atom. The van der Waals surface area contributed by atoms with E-state index in [2.05, 4.69) is 28.3 Å². The number of terminal acetylenes is 1. The summed E-state index contributed by atoms with van der Waals surface area (Å²) in [6.45, 7) is 4.18. The van der Waals surface area contributed by atoms with Gasteiger partial charge in [0.25, 0.3) is 0 Å². The molecule has 1 fully saturated rings. The Balaban J connectivity index is 0.000000194. The molecule has 0 bridgehead atoms. The molecular weight excluding hydrogens is 258 g/mol. The third-order valence-electron chi connectivity index (χ3n) is 3.70. The lowest BCUT2D eigenvalue weighted by Crippen LogP contribution is -2.43. The summed E-state index contributed by atoms with van der Waals surface area (Å²) in [5, 5.41) is 12.0. The maximum Gasteiger partial charge on any atom is 0.0991 e. The van der Waals surface area contributed by atoms with Crippen molar-refractivity contribution in [2.45, 2.75) is 19.3 Å². The van der Waals surface area contributed by atoms with Crippen LogP contribution in [0, 0.1) is 23.7 Å². The van der Waals surface area contributed by atoms with Crippen molar-refractivity contribution < 1.29 is 0 Å². The van der Waals surface area contributed by atoms with Crippen LogP contribution in [0.25, 0.3) is 0 Å². The highest BCUT2D eigenvalue weighted by molar-refractivity contribution is 5.50. The van der Waals surface area contributed by atoms with Crippen LogP contribution in [0.15, 0.2) is 35.9 Å². The molecule has 0 spiro atoms. The molecule has 0 atom stereocenters. The second-order valence-corrected chi connectivity index (χ2v) is 5.16. The molecule has 0 amide bonds. The average molecular weight is 279 g/mol. The van der Waals surface area contributed by atoms with Crippen LogP contribution in [0.5, 0.6) is 0 Å². The summed E-state index contributed by atoms with van der Waals surface area (Å²) in [7, 11) is 0. The number of nitriles is 1. The molecular formula is C18H21N3. The number of nitrogens with zero attached hydrogens (tertiary/aromatic N) is 2. The summed E-state index contributed by atoms with van der Waals surface area (Å²) in [4.78, 5) is 2.33. The fraction of sp³-hybridized carbons (Fsp3) is 0.389. The van der Waals surface area contributed by atoms with Crippen LogP contribution in [0.3, 0.4) is 0 Å². The van der Waals surface area contributed by atoms with Crippen LogP contribution in [-0.2, 0) is 0 Å². The molecule has 0 aromatic heterocycles. The first-order valence-electron chi connectivity index (χ1n) is 7.45. The van der Waals surface area contributed by atoms with Gasteiger partial charge in [0.2, 0.25) is 0 Å². The number of rotatable bonds is 1. The standard InChI is InChI=1S/C11H13N3.C7H8/c12-9-10-1-3-11(4-2-10)14-7-5-13-6-8-14;1-2-7-5-3-4-6-7/h1-4,13H,5-8H2;1,5H,3-4,6H2. The minimum absolute atomic E-state index is 0.726. The Labute approximate surface area is 127 Å². The normalized spacial score (nSPS) is 17.0. The van der Waals surface area contributed by atoms with Gasteiger partial charge in [-0.1, -0.05) is 12.0 Å². The first kappa shape index (κ1) is 15.2. The number of anilines is 1. The largest absolute Gasteiger partial charge is 0.369 e. The van der Waals surface area contributed by atoms with E-state index in [-0.39, 0.29) is 0 Å². The number of hydrogen-bond donors (Lipinski definition) is 1. The predicted molar refractivity (Wildman–Crippen MR) is 87.0 cm³/mol. The van der Waals surface area contributed by atoms with Gasteiger partial charge in [-0.2, -0.15) is 5.26 Å². The number of hydrogen-bond acceptors (Lipinski definition) is 3. The van der Waals surface area contributed by atoms with E-state index in [1.807, 2.05) is 24.3 Å². The second-order valence-electron chi connectivity index (χ2n) is 5.16. The third-order valence-corrected chi connectivity index (χ3v) is 3.70. The zero-order valence-corrected chi connectivity index (χ0v) is 12.3. The smallest absolute Gasteiger partial charge is 0.0991 e. The lowest BCUT2D eigenvalue weighted by molar-refractivity contribution is 0.589. The maximum atomic E-state index is 8.67. The number of benzene rings is 1. The van der Waals surface area contributed by atoms with Crippen molar-refractivity contribution in [3.05, 3.63) is 41.5 Å². The molecule has 0 saturated carbocycles. The van der Waals surface area contributed by atoms with Gasteiger partial charge in [0.1, 0.15) is 0 Å². The molecule has 1 aromatic rings. The number of nitrogens with one attached hydrogen (secondary N) is 1. The summed E-state index contributed by atoms with van der Waals surface area (Å²) in [6.07, 6.45) is 10.8. The van der Waals surface area contributed by atoms with E-state index in [1.165, 1.54) is 24.1 Å². The zero-order valence-electron chi connectivity index (χ0n) is 12.3. The van der Waals surface area contributed by atoms with Crippen LogP contribution in [-0.4, -0.2) is 26.2 Å². The van der Waals surface area contributed by atoms with Crippen LogP contribution in [0.4, 0.5) is 5.69 Å². The van der Waals surface area contributed by atoms with E-state index < -0.39 is 0 Å². The number of piperazine rings is 1. The maximum absolute atomic E-state index is 8.67. The molecule has 1 aliphatic carbocycles. The van der Waals surface area contributed by atoms with E-state index in [9.17, 15) is 0 Å². The first-order chi connectivity index (χ1) is 10.3. The van der Waals surface area contributed by atoms with Crippen molar-refractivity contribution in [3.63, 3.8) is 0 Å². The first-order valence-corrected chi connectivity index (χ1v) is 7.45. The molecule has 1 aliphatic heterocycles. The van der Waals surface area contributed by atoms with Crippen LogP contribution in [0.2, 0.25) is 0 Å². The summed E-state index contributed by atoms with van der Waals surface area (Å²) < 4.78 is 0. The van der Waals surface area contributed by atoms with Gasteiger partial charge in [-0.3, -0.25) is 0 Å². The summed E-state index contributed by atoms with van der Waals surface area (Å²) in [5.74, 6) is 2.62. The third kappa shape index (κ3) is 4.67. The van der Waals surface area contributed by atoms with Crippen LogP contribution in [0.1, 0.15) is 24.8 Å². The molecule has 1 N–H and O–H groups in total. The summed E-state index contributed by atoms with van der Waals surface area (Å²) >= 11 is 0. The molecule has 3 heteroatoms. The Morgan fingerprint density at radius 1 is 1.14 bits per heavy atom. The van der Waals surface area contributed by atoms with Gasteiger partial charge >= 0.3 is 0 Å². The fourth-order valence-electron chi connectivity index (χ4n) is 2.47. The lowest BCUT2D eigenvalue weighted by atomic mass is 10.2. The van der Waals surface area contributed by atoms with Crippen molar-refractivity contribution in [1.29, 1.82) is 5.26 Å². The molecule has 0 unspecified atom stereocenters. The molecule has 1 heterocycles. The zero-order chi connectivity index (χ0) is 14.9. The lowest BCUT2D eigenvalue weighted by Gasteiger charge is -2.29. The van der Waals surface area contributed by atoms with Crippen molar-refractivity contribution in [3.8, 4) is 18.4 Å². The molecule has 3 rings (SSSR count). The van der Waals surface area contributed by atoms with Crippen molar-refractivity contribution in [1.82, 2.24) is 5.32 Å². The van der Waals surface area contributed by atoms with Gasteiger partial charge in [-0.15, -0.1) is 6.42 Å². The van der Waals surface area contributed by atoms with Crippen LogP contribution < -0.4 is 10.2 Å². The average Bonchev–Trinajstić information content (AvgIpc) is 3.10. The molecule has 108 valence electrons. The molecule has 0 radical (unpaired) electrons. The molecule has 1 saturated heterocycles. The van der Waals surface area contributed by atoms with E-state index >= 15 is 0 Å². The molecule has 2 aliphatic rings. The highest BCUT2D eigenvalue weighted by Gasteiger charge is 2.09. The topological polar surface area (TPSA) is 39.1 Å². The van der Waals surface area contributed by atoms with E-state index in [0.29, 0.717) is 0 Å². The van der Waals surface area contributed by atoms with Crippen molar-refractivity contribution >= 4 is 5.69 Å². The van der Waals surface area contributed by atoms with Gasteiger partial charge in [-0.25, -0.2) is 0 Å². The Hall–Kier alpha value is -2.23. The molecule has 3 nitrogen and oxygen atoms in total. The Morgan fingerprint density at radius 3 is 2.33 bits per heavy atom. The van der Waals surface area contributed by atoms with Gasteiger partial charge in [0.15, 0.2) is 0 Å². The quantitative estimate of drug-likeness (QED) is 0.803. The molecule has 1 aromatic carbocycles. The van der Waals surface area contributed by atoms with Crippen molar-refractivity contribution in [2.75, 3.05) is 31.1 Å². The summed E-state index contributed by atoms with van der Waals surface area (Å²) in [6, 6.07) is 9.91. The van der Waals surface area contributed by atoms with E-state index in [4.69, 9.17) is 11.7 Å². The Bertz CT molecular complexity index is 552. The predicted octanol–water partition coefficient (Wildman–Crippen LogP) is 2.70. The second kappa shape index (κ2) is 8.15. The van der Waals surface area contributed by atoms with E-state index in [0.717, 1.165) is 38.2 Å². The SMILES string of the molecule is C#CC1=CCCC1.N#Cc1ccc(N2CCNCC2)cc1. The van der Waals surface area contributed by atoms with Gasteiger partial charge in [-0.05, 0) is 49.1 Å². The van der Waals surface area contributed by atoms with Gasteiger partial charge < -0.3 is 10.2 Å². The summed E-state index contributed by atoms with van der Waals surface area (Å²) in [5.41, 5.74) is 3.13.